The van der Waals surface area contributed by atoms with Crippen molar-refractivity contribution in [2.45, 2.75) is 19.5 Å². The molecule has 2 aromatic carbocycles. The molecule has 164 valence electrons. The summed E-state index contributed by atoms with van der Waals surface area (Å²) in [5, 5.41) is 6.41. The summed E-state index contributed by atoms with van der Waals surface area (Å²) in [6.45, 7) is 1.68. The van der Waals surface area contributed by atoms with Crippen LogP contribution in [0.2, 0.25) is 0 Å². The van der Waals surface area contributed by atoms with Crippen LogP contribution in [-0.2, 0) is 17.9 Å². The number of benzene rings is 2. The normalized spacial score (nSPS) is 10.6. The Morgan fingerprint density at radius 1 is 1.00 bits per heavy atom. The molecule has 1 amide bonds. The van der Waals surface area contributed by atoms with E-state index in [1.165, 1.54) is 0 Å². The molecular weight excluding hydrogens is 495 g/mol. The van der Waals surface area contributed by atoms with Crippen LogP contribution in [0.4, 0.5) is 0 Å². The van der Waals surface area contributed by atoms with Crippen molar-refractivity contribution < 1.29 is 14.3 Å². The molecule has 0 fully saturated rings. The van der Waals surface area contributed by atoms with Gasteiger partial charge >= 0.3 is 0 Å². The van der Waals surface area contributed by atoms with Gasteiger partial charge in [0.2, 0.25) is 5.91 Å². The molecule has 0 atom stereocenters. The van der Waals surface area contributed by atoms with Gasteiger partial charge in [0.05, 0.1) is 14.2 Å². The Morgan fingerprint density at radius 3 is 2.33 bits per heavy atom. The summed E-state index contributed by atoms with van der Waals surface area (Å²) in [5.74, 6) is 2.09. The molecule has 0 saturated carbocycles. The number of nitrogens with one attached hydrogen (secondary N) is 2. The molecule has 0 aliphatic carbocycles. The summed E-state index contributed by atoms with van der Waals surface area (Å²) < 4.78 is 10.6. The van der Waals surface area contributed by atoms with Gasteiger partial charge in [-0.3, -0.25) is 9.79 Å². The van der Waals surface area contributed by atoms with Crippen LogP contribution >= 0.6 is 24.0 Å². The zero-order chi connectivity index (χ0) is 21.1. The lowest BCUT2D eigenvalue weighted by atomic mass is 10.2. The van der Waals surface area contributed by atoms with Crippen LogP contribution in [0.5, 0.6) is 11.5 Å². The Hall–Kier alpha value is -2.49. The van der Waals surface area contributed by atoms with E-state index in [0.717, 1.165) is 11.1 Å². The largest absolute Gasteiger partial charge is 0.493 e. The van der Waals surface area contributed by atoms with Gasteiger partial charge in [-0.1, -0.05) is 36.4 Å². The van der Waals surface area contributed by atoms with Crippen molar-refractivity contribution in [1.82, 2.24) is 15.5 Å². The number of nitrogens with zero attached hydrogens (tertiary/aromatic N) is 2. The Balaban J connectivity index is 0.00000450. The summed E-state index contributed by atoms with van der Waals surface area (Å²) in [6.07, 6.45) is 0.389. The summed E-state index contributed by atoms with van der Waals surface area (Å²) in [4.78, 5) is 18.3. The molecule has 0 aliphatic rings. The average Bonchev–Trinajstić information content (AvgIpc) is 2.76. The van der Waals surface area contributed by atoms with Crippen LogP contribution in [0, 0.1) is 0 Å². The van der Waals surface area contributed by atoms with E-state index in [9.17, 15) is 4.79 Å². The zero-order valence-electron chi connectivity index (χ0n) is 18.0. The molecule has 0 bridgehead atoms. The summed E-state index contributed by atoms with van der Waals surface area (Å²) >= 11 is 0. The van der Waals surface area contributed by atoms with Crippen molar-refractivity contribution in [1.29, 1.82) is 0 Å². The van der Waals surface area contributed by atoms with Gasteiger partial charge < -0.3 is 25.0 Å². The van der Waals surface area contributed by atoms with Crippen LogP contribution in [0.15, 0.2) is 53.5 Å². The lowest BCUT2D eigenvalue weighted by molar-refractivity contribution is -0.130. The first-order valence-electron chi connectivity index (χ1n) is 9.50. The molecule has 0 spiro atoms. The second kappa shape index (κ2) is 13.7. The lowest BCUT2D eigenvalue weighted by Crippen LogP contribution is -2.39. The predicted octanol–water partition coefficient (Wildman–Crippen LogP) is 3.04. The number of carbonyl (C=O) groups is 1. The smallest absolute Gasteiger partial charge is 0.224 e. The highest BCUT2D eigenvalue weighted by Crippen LogP contribution is 2.27. The number of ether oxygens (including phenoxy) is 2. The van der Waals surface area contributed by atoms with Crippen molar-refractivity contribution in [3.05, 3.63) is 59.7 Å². The maximum atomic E-state index is 12.3. The van der Waals surface area contributed by atoms with Gasteiger partial charge in [0.25, 0.3) is 0 Å². The number of rotatable bonds is 9. The molecule has 2 N–H and O–H groups in total. The first-order valence-corrected chi connectivity index (χ1v) is 9.50. The van der Waals surface area contributed by atoms with Crippen LogP contribution in [0.25, 0.3) is 0 Å². The van der Waals surface area contributed by atoms with E-state index in [0.29, 0.717) is 43.5 Å². The molecule has 2 aromatic rings. The fourth-order valence-electron chi connectivity index (χ4n) is 2.82. The third-order valence-corrected chi connectivity index (χ3v) is 4.45. The van der Waals surface area contributed by atoms with E-state index in [1.807, 2.05) is 55.6 Å². The summed E-state index contributed by atoms with van der Waals surface area (Å²) in [7, 11) is 6.74. The second-order valence-electron chi connectivity index (χ2n) is 6.53. The highest BCUT2D eigenvalue weighted by molar-refractivity contribution is 14.0. The van der Waals surface area contributed by atoms with Crippen molar-refractivity contribution >= 4 is 35.8 Å². The number of amides is 1. The zero-order valence-corrected chi connectivity index (χ0v) is 20.3. The number of methoxy groups -OCH3 is 2. The van der Waals surface area contributed by atoms with Gasteiger partial charge in [0.15, 0.2) is 17.5 Å². The van der Waals surface area contributed by atoms with Crippen LogP contribution in [0.3, 0.4) is 0 Å². The topological polar surface area (TPSA) is 75.2 Å². The highest BCUT2D eigenvalue weighted by atomic mass is 127. The number of halogens is 1. The highest BCUT2D eigenvalue weighted by Gasteiger charge is 2.10. The molecule has 0 aromatic heterocycles. The van der Waals surface area contributed by atoms with Gasteiger partial charge in [0, 0.05) is 40.2 Å². The first-order chi connectivity index (χ1) is 14.1. The Kier molecular flexibility index (Phi) is 11.7. The van der Waals surface area contributed by atoms with Crippen LogP contribution in [0.1, 0.15) is 17.5 Å². The van der Waals surface area contributed by atoms with Crippen molar-refractivity contribution in [2.75, 3.05) is 34.9 Å². The minimum atomic E-state index is 0. The minimum Gasteiger partial charge on any atom is -0.493 e. The van der Waals surface area contributed by atoms with Gasteiger partial charge in [-0.15, -0.1) is 24.0 Å². The molecule has 30 heavy (non-hydrogen) atoms. The van der Waals surface area contributed by atoms with E-state index in [1.54, 1.807) is 26.2 Å². The SMILES string of the molecule is CN=C(NCCC(=O)N(C)Cc1ccccc1)NCc1ccc(OC)c(OC)c1.I. The van der Waals surface area contributed by atoms with Crippen molar-refractivity contribution in [3.63, 3.8) is 0 Å². The van der Waals surface area contributed by atoms with E-state index < -0.39 is 0 Å². The lowest BCUT2D eigenvalue weighted by Gasteiger charge is -2.18. The summed E-state index contributed by atoms with van der Waals surface area (Å²) in [5.41, 5.74) is 2.15. The Morgan fingerprint density at radius 2 is 1.70 bits per heavy atom. The fraction of sp³-hybridized carbons (Fsp3) is 0.364. The Bertz CT molecular complexity index is 815. The molecule has 0 aliphatic heterocycles. The maximum Gasteiger partial charge on any atom is 0.224 e. The van der Waals surface area contributed by atoms with Crippen LogP contribution in [-0.4, -0.2) is 51.6 Å². The van der Waals surface area contributed by atoms with Gasteiger partial charge in [-0.2, -0.15) is 0 Å². The fourth-order valence-corrected chi connectivity index (χ4v) is 2.82. The molecule has 2 rings (SSSR count). The molecule has 0 radical (unpaired) electrons. The van der Waals surface area contributed by atoms with Crippen molar-refractivity contribution in [2.24, 2.45) is 4.99 Å². The molecule has 8 heteroatoms. The Labute approximate surface area is 195 Å². The quantitative estimate of drug-likeness (QED) is 0.299. The second-order valence-corrected chi connectivity index (χ2v) is 6.53. The standard InChI is InChI=1S/C22H30N4O3.HI/c1-23-22(25-15-18-10-11-19(28-3)20(14-18)29-4)24-13-12-21(27)26(2)16-17-8-6-5-7-9-17;/h5-11,14H,12-13,15-16H2,1-4H3,(H2,23,24,25);1H. The van der Waals surface area contributed by atoms with Gasteiger partial charge in [-0.25, -0.2) is 0 Å². The molecular formula is C22H31IN4O3. The first kappa shape index (κ1) is 25.5. The monoisotopic (exact) mass is 526 g/mol. The number of hydrogen-bond acceptors (Lipinski definition) is 4. The third-order valence-electron chi connectivity index (χ3n) is 4.45. The van der Waals surface area contributed by atoms with Gasteiger partial charge in [-0.05, 0) is 23.3 Å². The maximum absolute atomic E-state index is 12.3. The molecule has 0 saturated heterocycles. The van der Waals surface area contributed by atoms with E-state index in [4.69, 9.17) is 9.47 Å². The van der Waals surface area contributed by atoms with Crippen LogP contribution < -0.4 is 20.1 Å². The minimum absolute atomic E-state index is 0. The average molecular weight is 526 g/mol. The van der Waals surface area contributed by atoms with E-state index in [2.05, 4.69) is 15.6 Å². The van der Waals surface area contributed by atoms with E-state index in [-0.39, 0.29) is 29.9 Å². The molecule has 0 heterocycles. The number of hydrogen-bond donors (Lipinski definition) is 2. The number of aliphatic imine (C=N–C) groups is 1. The van der Waals surface area contributed by atoms with Gasteiger partial charge in [0.1, 0.15) is 0 Å². The van der Waals surface area contributed by atoms with Crippen molar-refractivity contribution in [3.8, 4) is 11.5 Å². The number of guanidine groups is 1. The molecule has 0 unspecified atom stereocenters. The predicted molar refractivity (Wildman–Crippen MR) is 131 cm³/mol. The number of carbonyl (C=O) groups excluding carboxylic acids is 1. The van der Waals surface area contributed by atoms with E-state index >= 15 is 0 Å². The summed E-state index contributed by atoms with van der Waals surface area (Å²) in [6, 6.07) is 15.7. The third kappa shape index (κ3) is 8.10. The molecule has 7 nitrogen and oxygen atoms in total.